The number of hydrogen-bond acceptors (Lipinski definition) is 6. The van der Waals surface area contributed by atoms with Gasteiger partial charge in [0.25, 0.3) is 0 Å². The topological polar surface area (TPSA) is 78.9 Å². The van der Waals surface area contributed by atoms with E-state index in [1.54, 1.807) is 0 Å². The number of carbonyl (C=O) groups excluding carboxylic acids is 3. The second-order valence-corrected chi connectivity index (χ2v) is 21.6. The highest BCUT2D eigenvalue weighted by Crippen LogP contribution is 2.16. The van der Waals surface area contributed by atoms with Crippen LogP contribution in [0.3, 0.4) is 0 Å². The number of unbranched alkanes of at least 4 members (excludes halogenated alkanes) is 28. The largest absolute Gasteiger partial charge is 0.462 e. The van der Waals surface area contributed by atoms with Crippen LogP contribution in [0.5, 0.6) is 0 Å². The highest BCUT2D eigenvalue weighted by Gasteiger charge is 2.19. The molecule has 0 bridgehead atoms. The first-order valence-electron chi connectivity index (χ1n) is 33.0. The molecule has 0 saturated carbocycles. The fourth-order valence-electron chi connectivity index (χ4n) is 8.99. The van der Waals surface area contributed by atoms with Crippen molar-refractivity contribution in [2.24, 2.45) is 0 Å². The molecule has 0 aromatic carbocycles. The summed E-state index contributed by atoms with van der Waals surface area (Å²) < 4.78 is 16.9. The lowest BCUT2D eigenvalue weighted by atomic mass is 10.0. The van der Waals surface area contributed by atoms with Gasteiger partial charge in [0.05, 0.1) is 0 Å². The van der Waals surface area contributed by atoms with Crippen LogP contribution in [-0.4, -0.2) is 37.2 Å². The predicted octanol–water partition coefficient (Wildman–Crippen LogP) is 22.8. The van der Waals surface area contributed by atoms with Gasteiger partial charge in [0.1, 0.15) is 13.2 Å². The molecule has 1 unspecified atom stereocenters. The number of allylic oxidation sites excluding steroid dienone is 20. The van der Waals surface area contributed by atoms with E-state index in [0.29, 0.717) is 19.3 Å². The van der Waals surface area contributed by atoms with Crippen molar-refractivity contribution >= 4 is 17.9 Å². The molecule has 1 atom stereocenters. The van der Waals surface area contributed by atoms with E-state index in [2.05, 4.69) is 142 Å². The molecule has 0 N–H and O–H groups in total. The molecule has 0 spiro atoms. The van der Waals surface area contributed by atoms with Crippen LogP contribution in [0.25, 0.3) is 0 Å². The Bertz CT molecular complexity index is 1640. The summed E-state index contributed by atoms with van der Waals surface area (Å²) in [5, 5.41) is 0. The average Bonchev–Trinajstić information content (AvgIpc) is 3.45. The Morgan fingerprint density at radius 1 is 0.266 bits per heavy atom. The summed E-state index contributed by atoms with van der Waals surface area (Å²) in [5.41, 5.74) is 0. The molecule has 0 aliphatic heterocycles. The number of hydrogen-bond donors (Lipinski definition) is 0. The lowest BCUT2D eigenvalue weighted by Crippen LogP contribution is -2.30. The van der Waals surface area contributed by atoms with Crippen LogP contribution in [-0.2, 0) is 28.6 Å². The van der Waals surface area contributed by atoms with E-state index in [9.17, 15) is 14.4 Å². The molecular weight excluding hydrogens is 973 g/mol. The Balaban J connectivity index is 4.21. The molecule has 6 nitrogen and oxygen atoms in total. The van der Waals surface area contributed by atoms with E-state index in [1.807, 2.05) is 0 Å². The first-order valence-corrected chi connectivity index (χ1v) is 33.0. The summed E-state index contributed by atoms with van der Waals surface area (Å²) in [6, 6.07) is 0. The molecule has 0 aliphatic rings. The van der Waals surface area contributed by atoms with Crippen LogP contribution in [0.1, 0.15) is 303 Å². The van der Waals surface area contributed by atoms with Gasteiger partial charge in [-0.15, -0.1) is 0 Å². The first-order chi connectivity index (χ1) is 39.0. The maximum Gasteiger partial charge on any atom is 0.306 e. The molecule has 0 amide bonds. The van der Waals surface area contributed by atoms with E-state index in [0.717, 1.165) is 154 Å². The highest BCUT2D eigenvalue weighted by atomic mass is 16.6. The molecule has 0 aromatic heterocycles. The van der Waals surface area contributed by atoms with Crippen molar-refractivity contribution in [1.29, 1.82) is 0 Å². The molecule has 0 aliphatic carbocycles. The quantitative estimate of drug-likeness (QED) is 0.0261. The van der Waals surface area contributed by atoms with Crippen LogP contribution in [0.2, 0.25) is 0 Å². The summed E-state index contributed by atoms with van der Waals surface area (Å²) in [6.45, 7) is 6.42. The van der Waals surface area contributed by atoms with E-state index in [1.165, 1.54) is 109 Å². The van der Waals surface area contributed by atoms with Crippen LogP contribution >= 0.6 is 0 Å². The van der Waals surface area contributed by atoms with Crippen LogP contribution in [0.15, 0.2) is 122 Å². The summed E-state index contributed by atoms with van der Waals surface area (Å²) in [6.07, 6.45) is 92.2. The summed E-state index contributed by atoms with van der Waals surface area (Å²) in [7, 11) is 0. The zero-order valence-electron chi connectivity index (χ0n) is 51.6. The minimum Gasteiger partial charge on any atom is -0.462 e. The molecular formula is C73H122O6. The average molecular weight is 1100 g/mol. The third kappa shape index (κ3) is 64.5. The lowest BCUT2D eigenvalue weighted by molar-refractivity contribution is -0.167. The van der Waals surface area contributed by atoms with Gasteiger partial charge in [-0.1, -0.05) is 277 Å². The monoisotopic (exact) mass is 1090 g/mol. The van der Waals surface area contributed by atoms with Gasteiger partial charge in [-0.05, 0) is 128 Å². The molecule has 0 heterocycles. The maximum absolute atomic E-state index is 12.9. The maximum atomic E-state index is 12.9. The molecule has 450 valence electrons. The van der Waals surface area contributed by atoms with Crippen molar-refractivity contribution in [1.82, 2.24) is 0 Å². The summed E-state index contributed by atoms with van der Waals surface area (Å²) in [5.74, 6) is -0.912. The van der Waals surface area contributed by atoms with Crippen molar-refractivity contribution in [3.8, 4) is 0 Å². The van der Waals surface area contributed by atoms with Gasteiger partial charge in [-0.25, -0.2) is 0 Å². The van der Waals surface area contributed by atoms with Gasteiger partial charge in [-0.3, -0.25) is 14.4 Å². The number of rotatable bonds is 59. The molecule has 0 rings (SSSR count). The van der Waals surface area contributed by atoms with Gasteiger partial charge >= 0.3 is 17.9 Å². The van der Waals surface area contributed by atoms with Crippen LogP contribution in [0.4, 0.5) is 0 Å². The Hall–Kier alpha value is -4.19. The third-order valence-corrected chi connectivity index (χ3v) is 13.9. The zero-order valence-corrected chi connectivity index (χ0v) is 51.6. The zero-order chi connectivity index (χ0) is 57.1. The van der Waals surface area contributed by atoms with Crippen molar-refractivity contribution in [2.45, 2.75) is 309 Å². The Morgan fingerprint density at radius 2 is 0.519 bits per heavy atom. The van der Waals surface area contributed by atoms with E-state index in [4.69, 9.17) is 14.2 Å². The van der Waals surface area contributed by atoms with Gasteiger partial charge in [0.2, 0.25) is 0 Å². The summed E-state index contributed by atoms with van der Waals surface area (Å²) in [4.78, 5) is 38.3. The van der Waals surface area contributed by atoms with Gasteiger partial charge in [-0.2, -0.15) is 0 Å². The Labute approximate surface area is 488 Å². The molecule has 79 heavy (non-hydrogen) atoms. The van der Waals surface area contributed by atoms with E-state index in [-0.39, 0.29) is 31.1 Å². The van der Waals surface area contributed by atoms with Crippen molar-refractivity contribution in [3.05, 3.63) is 122 Å². The highest BCUT2D eigenvalue weighted by molar-refractivity contribution is 5.71. The number of carbonyl (C=O) groups is 3. The van der Waals surface area contributed by atoms with Gasteiger partial charge in [0, 0.05) is 19.3 Å². The van der Waals surface area contributed by atoms with E-state index < -0.39 is 6.10 Å². The second-order valence-electron chi connectivity index (χ2n) is 21.6. The fourth-order valence-corrected chi connectivity index (χ4v) is 8.99. The Morgan fingerprint density at radius 3 is 0.823 bits per heavy atom. The van der Waals surface area contributed by atoms with Gasteiger partial charge in [0.15, 0.2) is 6.10 Å². The molecule has 0 aromatic rings. The minimum absolute atomic E-state index is 0.0887. The van der Waals surface area contributed by atoms with Crippen molar-refractivity contribution in [3.63, 3.8) is 0 Å². The molecule has 0 radical (unpaired) electrons. The predicted molar refractivity (Wildman–Crippen MR) is 343 cm³/mol. The van der Waals surface area contributed by atoms with E-state index >= 15 is 0 Å². The standard InChI is InChI=1S/C73H122O6/c1-4-7-10-13-16-19-22-25-27-28-29-30-31-32-33-34-35-36-37-38-39-40-41-42-43-44-46-48-51-54-57-60-63-66-72(75)78-69-70(68-77-71(74)65-62-59-56-53-50-47-24-21-18-15-12-9-6-3)79-73(76)67-64-61-58-55-52-49-45-26-23-20-17-14-11-8-5-2/h7,10,12,15-17,19-21,24-27,29-30,32-33,35-36,45,70H,4-6,8-9,11,13-14,18,22-23,28,31,34,37-44,46-69H2,1-3H3/b10-7-,15-12-,19-16-,20-17-,24-21-,27-25-,30-29-,33-32-,36-35-,45-26-. The SMILES string of the molecule is CC/C=C\C/C=C\C/C=C\C/C=C\C/C=C\C/C=C\CCCCCCCCCCCCCCCCC(=O)OCC(COC(=O)CCCCCCC/C=C\C/C=C\CCC)OC(=O)CCCCCCC/C=C\C/C=C\CCCCC. The molecule has 0 saturated heterocycles. The van der Waals surface area contributed by atoms with Crippen molar-refractivity contribution < 1.29 is 28.6 Å². The lowest BCUT2D eigenvalue weighted by Gasteiger charge is -2.18. The smallest absolute Gasteiger partial charge is 0.306 e. The summed E-state index contributed by atoms with van der Waals surface area (Å²) >= 11 is 0. The van der Waals surface area contributed by atoms with Crippen LogP contribution in [0, 0.1) is 0 Å². The van der Waals surface area contributed by atoms with Crippen LogP contribution < -0.4 is 0 Å². The third-order valence-electron chi connectivity index (χ3n) is 13.9. The van der Waals surface area contributed by atoms with Gasteiger partial charge < -0.3 is 14.2 Å². The molecule has 6 heteroatoms. The Kier molecular flexibility index (Phi) is 62.8. The number of esters is 3. The van der Waals surface area contributed by atoms with Crippen molar-refractivity contribution in [2.75, 3.05) is 13.2 Å². The second kappa shape index (κ2) is 66.3. The number of ether oxygens (including phenoxy) is 3. The normalized spacial score (nSPS) is 12.9. The molecule has 0 fully saturated rings. The fraction of sp³-hybridized carbons (Fsp3) is 0.685. The first kappa shape index (κ1) is 74.8. The minimum atomic E-state index is -0.793.